The molecule has 2 aliphatic rings. The number of rotatable bonds is 0. The first kappa shape index (κ1) is 11.2. The van der Waals surface area contributed by atoms with E-state index in [1.54, 1.807) is 17.5 Å². The van der Waals surface area contributed by atoms with E-state index in [0.717, 1.165) is 18.5 Å². The van der Waals surface area contributed by atoms with Crippen molar-refractivity contribution in [2.45, 2.75) is 12.5 Å². The molecule has 1 unspecified atom stereocenters. The molecule has 0 aliphatic carbocycles. The average molecular weight is 293 g/mol. The number of fused-ring (bicyclic) bond motifs is 5. The Hall–Kier alpha value is -1.66. The van der Waals surface area contributed by atoms with Crippen LogP contribution in [0.25, 0.3) is 0 Å². The van der Waals surface area contributed by atoms with Gasteiger partial charge < -0.3 is 10.2 Å². The van der Waals surface area contributed by atoms with E-state index in [9.17, 15) is 4.79 Å². The van der Waals surface area contributed by atoms with E-state index in [0.29, 0.717) is 11.5 Å². The van der Waals surface area contributed by atoms with Crippen molar-refractivity contribution in [1.29, 1.82) is 0 Å². The number of carbonyl (C=O) groups is 1. The van der Waals surface area contributed by atoms with Crippen LogP contribution in [0.4, 0.5) is 11.5 Å². The van der Waals surface area contributed by atoms with Crippen molar-refractivity contribution in [1.82, 2.24) is 9.97 Å². The maximum absolute atomic E-state index is 12.3. The summed E-state index contributed by atoms with van der Waals surface area (Å²) < 4.78 is 0. The third-order valence-electron chi connectivity index (χ3n) is 3.48. The van der Waals surface area contributed by atoms with Gasteiger partial charge in [-0.25, -0.2) is 4.98 Å². The SMILES string of the molecule is O=C1Nc2cnc(Cl)nc2N2CCc3sccc3C12. The third-order valence-corrected chi connectivity index (χ3v) is 4.66. The van der Waals surface area contributed by atoms with Gasteiger partial charge in [0, 0.05) is 11.4 Å². The van der Waals surface area contributed by atoms with E-state index in [4.69, 9.17) is 11.6 Å². The molecule has 0 spiro atoms. The molecule has 0 fully saturated rings. The summed E-state index contributed by atoms with van der Waals surface area (Å²) in [6, 6.07) is 1.72. The fourth-order valence-corrected chi connectivity index (χ4v) is 3.72. The first-order valence-corrected chi connectivity index (χ1v) is 7.16. The smallest absolute Gasteiger partial charge is 0.251 e. The normalized spacial score (nSPS) is 20.4. The zero-order chi connectivity index (χ0) is 13.0. The molecule has 1 N–H and O–H groups in total. The summed E-state index contributed by atoms with van der Waals surface area (Å²) >= 11 is 7.57. The first-order chi connectivity index (χ1) is 9.24. The highest BCUT2D eigenvalue weighted by Gasteiger charge is 2.39. The van der Waals surface area contributed by atoms with Crippen LogP contribution < -0.4 is 10.2 Å². The number of nitrogens with one attached hydrogen (secondary N) is 1. The van der Waals surface area contributed by atoms with Crippen LogP contribution in [0.1, 0.15) is 16.5 Å². The number of hydrogen-bond donors (Lipinski definition) is 1. The number of aromatic nitrogens is 2. The molecule has 2 aliphatic heterocycles. The number of amides is 1. The second-order valence-corrected chi connectivity index (χ2v) is 5.85. The molecule has 5 nitrogen and oxygen atoms in total. The topological polar surface area (TPSA) is 58.1 Å². The summed E-state index contributed by atoms with van der Waals surface area (Å²) in [4.78, 5) is 23.8. The number of anilines is 2. The molecule has 1 amide bonds. The van der Waals surface area contributed by atoms with Crippen molar-refractivity contribution in [3.8, 4) is 0 Å². The largest absolute Gasteiger partial charge is 0.338 e. The lowest BCUT2D eigenvalue weighted by molar-refractivity contribution is -0.118. The van der Waals surface area contributed by atoms with E-state index in [2.05, 4.69) is 15.3 Å². The van der Waals surface area contributed by atoms with Crippen LogP contribution in [-0.4, -0.2) is 22.4 Å². The molecule has 0 aromatic carbocycles. The molecule has 0 radical (unpaired) electrons. The van der Waals surface area contributed by atoms with Crippen LogP contribution in [0.3, 0.4) is 0 Å². The molecule has 2 aromatic heterocycles. The van der Waals surface area contributed by atoms with E-state index in [1.165, 1.54) is 4.88 Å². The Bertz CT molecular complexity index is 686. The fourth-order valence-electron chi connectivity index (χ4n) is 2.69. The lowest BCUT2D eigenvalue weighted by atomic mass is 9.97. The van der Waals surface area contributed by atoms with Crippen molar-refractivity contribution in [3.05, 3.63) is 33.4 Å². The quantitative estimate of drug-likeness (QED) is 0.757. The van der Waals surface area contributed by atoms with E-state index < -0.39 is 0 Å². The van der Waals surface area contributed by atoms with Crippen molar-refractivity contribution < 1.29 is 4.79 Å². The highest BCUT2D eigenvalue weighted by atomic mass is 35.5. The van der Waals surface area contributed by atoms with Gasteiger partial charge in [-0.1, -0.05) is 0 Å². The molecule has 7 heteroatoms. The molecule has 2 aromatic rings. The zero-order valence-corrected chi connectivity index (χ0v) is 11.3. The van der Waals surface area contributed by atoms with Crippen molar-refractivity contribution in [2.24, 2.45) is 0 Å². The van der Waals surface area contributed by atoms with Gasteiger partial charge in [0.1, 0.15) is 11.7 Å². The predicted molar refractivity (Wildman–Crippen MR) is 73.8 cm³/mol. The molecule has 4 rings (SSSR count). The summed E-state index contributed by atoms with van der Waals surface area (Å²) in [6.45, 7) is 0.770. The summed E-state index contributed by atoms with van der Waals surface area (Å²) in [6.07, 6.45) is 2.49. The average Bonchev–Trinajstić information content (AvgIpc) is 2.87. The predicted octanol–water partition coefficient (Wildman–Crippen LogP) is 2.25. The summed E-state index contributed by atoms with van der Waals surface area (Å²) in [5, 5.41) is 5.09. The molecule has 0 saturated heterocycles. The minimum atomic E-state index is -0.298. The summed E-state index contributed by atoms with van der Waals surface area (Å²) in [7, 11) is 0. The Morgan fingerprint density at radius 1 is 1.53 bits per heavy atom. The number of hydrogen-bond acceptors (Lipinski definition) is 5. The Kier molecular flexibility index (Phi) is 2.31. The van der Waals surface area contributed by atoms with Crippen molar-refractivity contribution >= 4 is 40.4 Å². The van der Waals surface area contributed by atoms with Gasteiger partial charge in [0.05, 0.1) is 6.20 Å². The third kappa shape index (κ3) is 1.56. The van der Waals surface area contributed by atoms with Crippen molar-refractivity contribution in [3.63, 3.8) is 0 Å². The zero-order valence-electron chi connectivity index (χ0n) is 9.76. The molecule has 19 heavy (non-hydrogen) atoms. The maximum atomic E-state index is 12.3. The fraction of sp³-hybridized carbons (Fsp3) is 0.250. The van der Waals surface area contributed by atoms with E-state index >= 15 is 0 Å². The molecular formula is C12H9ClN4OS. The van der Waals surface area contributed by atoms with Gasteiger partial charge in [0.15, 0.2) is 5.82 Å². The lowest BCUT2D eigenvalue weighted by Gasteiger charge is -2.39. The molecule has 1 atom stereocenters. The molecule has 0 saturated carbocycles. The van der Waals surface area contributed by atoms with E-state index in [1.807, 2.05) is 16.3 Å². The van der Waals surface area contributed by atoms with Gasteiger partial charge in [-0.3, -0.25) is 4.79 Å². The summed E-state index contributed by atoms with van der Waals surface area (Å²) in [5.41, 5.74) is 1.71. The van der Waals surface area contributed by atoms with Gasteiger partial charge in [0.2, 0.25) is 5.28 Å². The number of halogens is 1. The first-order valence-electron chi connectivity index (χ1n) is 5.90. The number of carbonyl (C=O) groups excluding carboxylic acids is 1. The Balaban J connectivity index is 1.89. The van der Waals surface area contributed by atoms with Gasteiger partial charge in [-0.15, -0.1) is 11.3 Å². The molecule has 0 bridgehead atoms. The van der Waals surface area contributed by atoms with Crippen LogP contribution in [0.5, 0.6) is 0 Å². The highest BCUT2D eigenvalue weighted by Crippen LogP contribution is 2.41. The van der Waals surface area contributed by atoms with Crippen LogP contribution in [0.15, 0.2) is 17.6 Å². The summed E-state index contributed by atoms with van der Waals surface area (Å²) in [5.74, 6) is 0.680. The van der Waals surface area contributed by atoms with Crippen LogP contribution >= 0.6 is 22.9 Å². The van der Waals surface area contributed by atoms with Crippen molar-refractivity contribution in [2.75, 3.05) is 16.8 Å². The monoisotopic (exact) mass is 292 g/mol. The lowest BCUT2D eigenvalue weighted by Crippen LogP contribution is -2.45. The van der Waals surface area contributed by atoms with Gasteiger partial charge in [-0.05, 0) is 35.0 Å². The second-order valence-electron chi connectivity index (χ2n) is 4.51. The Labute approximate surface area is 118 Å². The van der Waals surface area contributed by atoms with E-state index in [-0.39, 0.29) is 17.2 Å². The van der Waals surface area contributed by atoms with Gasteiger partial charge >= 0.3 is 0 Å². The molecule has 96 valence electrons. The highest BCUT2D eigenvalue weighted by molar-refractivity contribution is 7.10. The number of thiophene rings is 1. The number of nitrogens with zero attached hydrogens (tertiary/aromatic N) is 3. The molecular weight excluding hydrogens is 284 g/mol. The molecule has 4 heterocycles. The Morgan fingerprint density at radius 2 is 2.42 bits per heavy atom. The van der Waals surface area contributed by atoms with Gasteiger partial charge in [-0.2, -0.15) is 4.98 Å². The Morgan fingerprint density at radius 3 is 3.32 bits per heavy atom. The minimum Gasteiger partial charge on any atom is -0.338 e. The second kappa shape index (κ2) is 3.91. The van der Waals surface area contributed by atoms with Crippen LogP contribution in [0, 0.1) is 0 Å². The standard InChI is InChI=1S/C12H9ClN4OS/c13-12-14-5-7-10(16-12)17-3-1-8-6(2-4-19-8)9(17)11(18)15-7/h2,4-5,9H,1,3H2,(H,15,18). The maximum Gasteiger partial charge on any atom is 0.251 e. The van der Waals surface area contributed by atoms with Gasteiger partial charge in [0.25, 0.3) is 5.91 Å². The van der Waals surface area contributed by atoms with Crippen LogP contribution in [-0.2, 0) is 11.2 Å². The van der Waals surface area contributed by atoms with Crippen LogP contribution in [0.2, 0.25) is 5.28 Å². The minimum absolute atomic E-state index is 0.0298.